The minimum atomic E-state index is -3.62. The number of morpholine rings is 1. The fourth-order valence-corrected chi connectivity index (χ4v) is 5.14. The quantitative estimate of drug-likeness (QED) is 0.734. The highest BCUT2D eigenvalue weighted by molar-refractivity contribution is 7.89. The number of fused-ring (bicyclic) bond motifs is 1. The van der Waals surface area contributed by atoms with E-state index in [2.05, 4.69) is 5.32 Å². The Labute approximate surface area is 187 Å². The van der Waals surface area contributed by atoms with Crippen LogP contribution in [0.1, 0.15) is 24.2 Å². The van der Waals surface area contributed by atoms with Crippen molar-refractivity contribution in [2.24, 2.45) is 0 Å². The molecule has 1 N–H and O–H groups in total. The topological polar surface area (TPSA) is 105 Å². The van der Waals surface area contributed by atoms with Gasteiger partial charge in [0.05, 0.1) is 23.8 Å². The maximum atomic E-state index is 12.7. The third-order valence-electron chi connectivity index (χ3n) is 5.47. The van der Waals surface area contributed by atoms with Gasteiger partial charge in [-0.2, -0.15) is 4.31 Å². The Kier molecular flexibility index (Phi) is 6.18. The number of ether oxygens (including phenoxy) is 2. The van der Waals surface area contributed by atoms with E-state index in [-0.39, 0.29) is 16.7 Å². The van der Waals surface area contributed by atoms with Gasteiger partial charge in [-0.15, -0.1) is 0 Å². The Bertz CT molecular complexity index is 1130. The molecule has 0 spiro atoms. The predicted octanol–water partition coefficient (Wildman–Crippen LogP) is 2.09. The van der Waals surface area contributed by atoms with Gasteiger partial charge in [0.2, 0.25) is 10.0 Å². The number of rotatable bonds is 5. The third-order valence-corrected chi connectivity index (χ3v) is 7.38. The van der Waals surface area contributed by atoms with Gasteiger partial charge in [0.15, 0.2) is 6.10 Å². The number of anilines is 2. The normalized spacial score (nSPS) is 19.2. The third kappa shape index (κ3) is 4.21. The lowest BCUT2D eigenvalue weighted by Gasteiger charge is -2.32. The molecule has 32 heavy (non-hydrogen) atoms. The summed E-state index contributed by atoms with van der Waals surface area (Å²) in [7, 11) is -3.62. The maximum absolute atomic E-state index is 12.7. The minimum Gasteiger partial charge on any atom is -0.479 e. The lowest BCUT2D eigenvalue weighted by atomic mass is 10.1. The van der Waals surface area contributed by atoms with Crippen molar-refractivity contribution in [3.8, 4) is 5.75 Å². The summed E-state index contributed by atoms with van der Waals surface area (Å²) in [4.78, 5) is 26.8. The molecule has 170 valence electrons. The van der Waals surface area contributed by atoms with Gasteiger partial charge in [-0.25, -0.2) is 8.42 Å². The SMILES string of the molecule is CCN1C(=O)C(C)Oc2ccc(NC(=O)c3ccc(S(=O)(=O)N4CCOCC4)cc3)cc21. The smallest absolute Gasteiger partial charge is 0.267 e. The molecule has 2 amide bonds. The molecule has 2 aliphatic rings. The molecule has 0 aromatic heterocycles. The lowest BCUT2D eigenvalue weighted by Crippen LogP contribution is -2.44. The fraction of sp³-hybridized carbons (Fsp3) is 0.364. The first-order chi connectivity index (χ1) is 15.3. The number of likely N-dealkylation sites (N-methyl/N-ethyl adjacent to an activating group) is 1. The number of carbonyl (C=O) groups excluding carboxylic acids is 2. The van der Waals surface area contributed by atoms with E-state index in [1.54, 1.807) is 30.0 Å². The summed E-state index contributed by atoms with van der Waals surface area (Å²) < 4.78 is 37.7. The highest BCUT2D eigenvalue weighted by Gasteiger charge is 2.31. The molecule has 2 heterocycles. The molecule has 2 aliphatic heterocycles. The molecule has 1 unspecified atom stereocenters. The molecule has 1 saturated heterocycles. The van der Waals surface area contributed by atoms with Gasteiger partial charge in [-0.3, -0.25) is 9.59 Å². The zero-order chi connectivity index (χ0) is 22.9. The van der Waals surface area contributed by atoms with Gasteiger partial charge in [-0.1, -0.05) is 0 Å². The first kappa shape index (κ1) is 22.3. The zero-order valence-corrected chi connectivity index (χ0v) is 18.7. The van der Waals surface area contributed by atoms with Crippen molar-refractivity contribution in [3.05, 3.63) is 48.0 Å². The average molecular weight is 460 g/mol. The average Bonchev–Trinajstić information content (AvgIpc) is 2.81. The summed E-state index contributed by atoms with van der Waals surface area (Å²) in [5.74, 6) is 0.0508. The summed E-state index contributed by atoms with van der Waals surface area (Å²) in [5.41, 5.74) is 1.42. The van der Waals surface area contributed by atoms with Crippen LogP contribution in [-0.2, 0) is 19.6 Å². The minimum absolute atomic E-state index is 0.132. The van der Waals surface area contributed by atoms with Crippen LogP contribution in [0.5, 0.6) is 5.75 Å². The van der Waals surface area contributed by atoms with Gasteiger partial charge in [0, 0.05) is 30.9 Å². The van der Waals surface area contributed by atoms with Crippen molar-refractivity contribution in [2.45, 2.75) is 24.8 Å². The van der Waals surface area contributed by atoms with E-state index < -0.39 is 16.1 Å². The van der Waals surface area contributed by atoms with Crippen LogP contribution in [0.2, 0.25) is 0 Å². The molecule has 2 aromatic rings. The molecule has 9 nitrogen and oxygen atoms in total. The second-order valence-corrected chi connectivity index (χ2v) is 9.46. The van der Waals surface area contributed by atoms with Gasteiger partial charge in [0.25, 0.3) is 11.8 Å². The number of hydrogen-bond acceptors (Lipinski definition) is 6. The predicted molar refractivity (Wildman–Crippen MR) is 119 cm³/mol. The second-order valence-electron chi connectivity index (χ2n) is 7.52. The van der Waals surface area contributed by atoms with Crippen LogP contribution in [0.25, 0.3) is 0 Å². The fourth-order valence-electron chi connectivity index (χ4n) is 3.73. The molecule has 10 heteroatoms. The van der Waals surface area contributed by atoms with Crippen LogP contribution in [0.15, 0.2) is 47.4 Å². The van der Waals surface area contributed by atoms with E-state index in [0.29, 0.717) is 55.5 Å². The maximum Gasteiger partial charge on any atom is 0.267 e. The summed E-state index contributed by atoms with van der Waals surface area (Å²) in [6.07, 6.45) is -0.560. The van der Waals surface area contributed by atoms with Gasteiger partial charge >= 0.3 is 0 Å². The van der Waals surface area contributed by atoms with Crippen molar-refractivity contribution in [3.63, 3.8) is 0 Å². The lowest BCUT2D eigenvalue weighted by molar-refractivity contribution is -0.125. The standard InChI is InChI=1S/C22H25N3O6S/c1-3-25-19-14-17(6-9-20(19)31-15(2)22(25)27)23-21(26)16-4-7-18(8-5-16)32(28,29)24-10-12-30-13-11-24/h4-9,14-15H,3,10-13H2,1-2H3,(H,23,26). The molecule has 1 atom stereocenters. The number of benzene rings is 2. The van der Waals surface area contributed by atoms with Gasteiger partial charge in [0.1, 0.15) is 5.75 Å². The van der Waals surface area contributed by atoms with Crippen molar-refractivity contribution in [1.82, 2.24) is 4.31 Å². The summed E-state index contributed by atoms with van der Waals surface area (Å²) in [6.45, 7) is 5.41. The van der Waals surface area contributed by atoms with Crippen molar-refractivity contribution < 1.29 is 27.5 Å². The van der Waals surface area contributed by atoms with Crippen LogP contribution in [0.3, 0.4) is 0 Å². The molecular formula is C22H25N3O6S. The first-order valence-electron chi connectivity index (χ1n) is 10.4. The van der Waals surface area contributed by atoms with E-state index in [1.165, 1.54) is 28.6 Å². The van der Waals surface area contributed by atoms with Crippen LogP contribution in [-0.4, -0.2) is 63.5 Å². The Morgan fingerprint density at radius 1 is 1.12 bits per heavy atom. The van der Waals surface area contributed by atoms with Crippen molar-refractivity contribution in [1.29, 1.82) is 0 Å². The molecule has 4 rings (SSSR count). The number of nitrogens with zero attached hydrogens (tertiary/aromatic N) is 2. The van der Waals surface area contributed by atoms with E-state index >= 15 is 0 Å². The van der Waals surface area contributed by atoms with Crippen LogP contribution in [0.4, 0.5) is 11.4 Å². The van der Waals surface area contributed by atoms with Gasteiger partial charge in [-0.05, 0) is 56.3 Å². The number of carbonyl (C=O) groups is 2. The van der Waals surface area contributed by atoms with E-state index in [0.717, 1.165) is 0 Å². The molecule has 1 fully saturated rings. The largest absolute Gasteiger partial charge is 0.479 e. The molecule has 0 bridgehead atoms. The summed E-state index contributed by atoms with van der Waals surface area (Å²) in [6, 6.07) is 10.9. The molecule has 0 aliphatic carbocycles. The Morgan fingerprint density at radius 2 is 1.81 bits per heavy atom. The van der Waals surface area contributed by atoms with Crippen molar-refractivity contribution in [2.75, 3.05) is 43.1 Å². The van der Waals surface area contributed by atoms with Crippen LogP contribution in [0, 0.1) is 0 Å². The molecule has 2 aromatic carbocycles. The number of hydrogen-bond donors (Lipinski definition) is 1. The van der Waals surface area contributed by atoms with Crippen molar-refractivity contribution >= 4 is 33.2 Å². The van der Waals surface area contributed by atoms with E-state index in [1.807, 2.05) is 6.92 Å². The van der Waals surface area contributed by atoms with Crippen LogP contribution < -0.4 is 15.0 Å². The zero-order valence-electron chi connectivity index (χ0n) is 17.9. The van der Waals surface area contributed by atoms with E-state index in [4.69, 9.17) is 9.47 Å². The Morgan fingerprint density at radius 3 is 2.47 bits per heavy atom. The van der Waals surface area contributed by atoms with Crippen LogP contribution >= 0.6 is 0 Å². The Hall–Kier alpha value is -2.95. The highest BCUT2D eigenvalue weighted by atomic mass is 32.2. The summed E-state index contributed by atoms with van der Waals surface area (Å²) in [5, 5.41) is 2.79. The number of nitrogens with one attached hydrogen (secondary N) is 1. The summed E-state index contributed by atoms with van der Waals surface area (Å²) >= 11 is 0. The highest BCUT2D eigenvalue weighted by Crippen LogP contribution is 2.36. The number of amides is 2. The van der Waals surface area contributed by atoms with Gasteiger partial charge < -0.3 is 19.7 Å². The Balaban J connectivity index is 1.50. The number of sulfonamides is 1. The van der Waals surface area contributed by atoms with E-state index in [9.17, 15) is 18.0 Å². The second kappa shape index (κ2) is 8.89. The molecular weight excluding hydrogens is 434 g/mol. The first-order valence-corrected chi connectivity index (χ1v) is 11.9. The molecule has 0 radical (unpaired) electrons. The monoisotopic (exact) mass is 459 g/mol. The molecule has 0 saturated carbocycles.